The monoisotopic (exact) mass is 214 g/mol. The molecule has 2 nitrogen and oxygen atoms in total. The third kappa shape index (κ3) is 4.98. The van der Waals surface area contributed by atoms with Gasteiger partial charge in [-0.3, -0.25) is 0 Å². The van der Waals surface area contributed by atoms with Crippen molar-refractivity contribution in [2.75, 3.05) is 13.2 Å². The lowest BCUT2D eigenvalue weighted by molar-refractivity contribution is -0.0488. The van der Waals surface area contributed by atoms with Crippen molar-refractivity contribution in [1.82, 2.24) is 0 Å². The van der Waals surface area contributed by atoms with Crippen LogP contribution in [0.15, 0.2) is 0 Å². The van der Waals surface area contributed by atoms with Crippen molar-refractivity contribution in [2.24, 2.45) is 5.92 Å². The lowest BCUT2D eigenvalue weighted by atomic mass is 9.96. The Labute approximate surface area is 94.3 Å². The number of epoxide rings is 1. The molecular formula is C13H26O2. The molecular weight excluding hydrogens is 188 g/mol. The highest BCUT2D eigenvalue weighted by atomic mass is 16.6. The summed E-state index contributed by atoms with van der Waals surface area (Å²) in [7, 11) is 0. The SMILES string of the molecule is CCC(C)CCOC(C)(CC)CC1CO1. The highest BCUT2D eigenvalue weighted by Crippen LogP contribution is 2.28. The molecule has 0 amide bonds. The summed E-state index contributed by atoms with van der Waals surface area (Å²) in [6, 6.07) is 0. The molecule has 1 saturated heterocycles. The van der Waals surface area contributed by atoms with Crippen molar-refractivity contribution >= 4 is 0 Å². The number of rotatable bonds is 8. The van der Waals surface area contributed by atoms with Crippen LogP contribution >= 0.6 is 0 Å². The average molecular weight is 214 g/mol. The van der Waals surface area contributed by atoms with Gasteiger partial charge in [0, 0.05) is 13.0 Å². The molecule has 0 aromatic heterocycles. The van der Waals surface area contributed by atoms with Gasteiger partial charge in [-0.1, -0.05) is 27.2 Å². The van der Waals surface area contributed by atoms with Crippen molar-refractivity contribution in [3.63, 3.8) is 0 Å². The first kappa shape index (κ1) is 13.0. The van der Waals surface area contributed by atoms with E-state index in [1.807, 2.05) is 0 Å². The van der Waals surface area contributed by atoms with Crippen LogP contribution in [-0.2, 0) is 9.47 Å². The van der Waals surface area contributed by atoms with E-state index in [9.17, 15) is 0 Å². The zero-order valence-electron chi connectivity index (χ0n) is 10.7. The van der Waals surface area contributed by atoms with Gasteiger partial charge in [0.1, 0.15) is 0 Å². The fraction of sp³-hybridized carbons (Fsp3) is 1.00. The number of hydrogen-bond donors (Lipinski definition) is 0. The molecule has 90 valence electrons. The minimum absolute atomic E-state index is 0.0363. The minimum Gasteiger partial charge on any atom is -0.375 e. The number of hydrogen-bond acceptors (Lipinski definition) is 2. The van der Waals surface area contributed by atoms with E-state index in [1.54, 1.807) is 0 Å². The Morgan fingerprint density at radius 1 is 1.47 bits per heavy atom. The van der Waals surface area contributed by atoms with Gasteiger partial charge < -0.3 is 9.47 Å². The molecule has 1 aliphatic rings. The van der Waals surface area contributed by atoms with E-state index in [1.165, 1.54) is 12.8 Å². The second-order valence-corrected chi connectivity index (χ2v) is 5.11. The van der Waals surface area contributed by atoms with E-state index in [0.29, 0.717) is 6.10 Å². The van der Waals surface area contributed by atoms with E-state index in [-0.39, 0.29) is 5.60 Å². The fourth-order valence-electron chi connectivity index (χ4n) is 1.68. The van der Waals surface area contributed by atoms with Crippen molar-refractivity contribution < 1.29 is 9.47 Å². The molecule has 3 atom stereocenters. The van der Waals surface area contributed by atoms with Gasteiger partial charge in [-0.05, 0) is 25.7 Å². The first-order valence-electron chi connectivity index (χ1n) is 6.35. The first-order valence-corrected chi connectivity index (χ1v) is 6.35. The van der Waals surface area contributed by atoms with E-state index in [4.69, 9.17) is 9.47 Å². The van der Waals surface area contributed by atoms with E-state index in [2.05, 4.69) is 27.7 Å². The topological polar surface area (TPSA) is 21.8 Å². The molecule has 1 heterocycles. The molecule has 0 spiro atoms. The van der Waals surface area contributed by atoms with Crippen LogP contribution in [0.25, 0.3) is 0 Å². The normalized spacial score (nSPS) is 26.0. The van der Waals surface area contributed by atoms with Gasteiger partial charge in [0.2, 0.25) is 0 Å². The Bertz CT molecular complexity index is 177. The van der Waals surface area contributed by atoms with Crippen molar-refractivity contribution in [3.8, 4) is 0 Å². The van der Waals surface area contributed by atoms with Gasteiger partial charge in [0.25, 0.3) is 0 Å². The molecule has 0 radical (unpaired) electrons. The van der Waals surface area contributed by atoms with Crippen LogP contribution in [0, 0.1) is 5.92 Å². The van der Waals surface area contributed by atoms with Gasteiger partial charge in [-0.25, -0.2) is 0 Å². The van der Waals surface area contributed by atoms with Crippen LogP contribution in [-0.4, -0.2) is 24.9 Å². The Morgan fingerprint density at radius 3 is 2.60 bits per heavy atom. The quantitative estimate of drug-likeness (QED) is 0.578. The van der Waals surface area contributed by atoms with Crippen LogP contribution < -0.4 is 0 Å². The molecule has 3 unspecified atom stereocenters. The lowest BCUT2D eigenvalue weighted by Crippen LogP contribution is -2.30. The first-order chi connectivity index (χ1) is 7.09. The predicted octanol–water partition coefficient (Wildman–Crippen LogP) is 3.40. The van der Waals surface area contributed by atoms with E-state index in [0.717, 1.165) is 32.0 Å². The molecule has 0 aliphatic carbocycles. The molecule has 0 N–H and O–H groups in total. The summed E-state index contributed by atoms with van der Waals surface area (Å²) in [5, 5.41) is 0. The Morgan fingerprint density at radius 2 is 2.13 bits per heavy atom. The summed E-state index contributed by atoms with van der Waals surface area (Å²) >= 11 is 0. The third-order valence-corrected chi connectivity index (χ3v) is 3.57. The van der Waals surface area contributed by atoms with Crippen LogP contribution in [0.3, 0.4) is 0 Å². The lowest BCUT2D eigenvalue weighted by Gasteiger charge is -2.28. The fourth-order valence-corrected chi connectivity index (χ4v) is 1.68. The van der Waals surface area contributed by atoms with Gasteiger partial charge in [0.05, 0.1) is 18.3 Å². The molecule has 2 heteroatoms. The molecule has 1 fully saturated rings. The maximum Gasteiger partial charge on any atom is 0.0837 e. The summed E-state index contributed by atoms with van der Waals surface area (Å²) in [4.78, 5) is 0. The third-order valence-electron chi connectivity index (χ3n) is 3.57. The van der Waals surface area contributed by atoms with Crippen LogP contribution in [0.2, 0.25) is 0 Å². The van der Waals surface area contributed by atoms with Crippen LogP contribution in [0.4, 0.5) is 0 Å². The van der Waals surface area contributed by atoms with Gasteiger partial charge in [-0.2, -0.15) is 0 Å². The second kappa shape index (κ2) is 5.86. The zero-order valence-corrected chi connectivity index (χ0v) is 10.7. The molecule has 0 aromatic rings. The molecule has 0 saturated carbocycles. The highest BCUT2D eigenvalue weighted by Gasteiger charge is 2.33. The average Bonchev–Trinajstić information content (AvgIpc) is 3.01. The van der Waals surface area contributed by atoms with Gasteiger partial charge in [0.15, 0.2) is 0 Å². The van der Waals surface area contributed by atoms with Crippen LogP contribution in [0.1, 0.15) is 53.4 Å². The standard InChI is InChI=1S/C13H26O2/c1-5-11(3)7-8-15-13(4,6-2)9-12-10-14-12/h11-12H,5-10H2,1-4H3. The maximum absolute atomic E-state index is 6.02. The maximum atomic E-state index is 6.02. The van der Waals surface area contributed by atoms with Crippen molar-refractivity contribution in [1.29, 1.82) is 0 Å². The van der Waals surface area contributed by atoms with Crippen LogP contribution in [0.5, 0.6) is 0 Å². The smallest absolute Gasteiger partial charge is 0.0837 e. The summed E-state index contributed by atoms with van der Waals surface area (Å²) in [6.07, 6.45) is 5.03. The van der Waals surface area contributed by atoms with E-state index < -0.39 is 0 Å². The van der Waals surface area contributed by atoms with Gasteiger partial charge >= 0.3 is 0 Å². The Hall–Kier alpha value is -0.0800. The van der Waals surface area contributed by atoms with Gasteiger partial charge in [-0.15, -0.1) is 0 Å². The van der Waals surface area contributed by atoms with Crippen molar-refractivity contribution in [2.45, 2.75) is 65.1 Å². The highest BCUT2D eigenvalue weighted by molar-refractivity contribution is 4.83. The summed E-state index contributed by atoms with van der Waals surface area (Å²) in [5.41, 5.74) is 0.0363. The summed E-state index contributed by atoms with van der Waals surface area (Å²) in [5.74, 6) is 0.781. The predicted molar refractivity (Wildman–Crippen MR) is 63.1 cm³/mol. The van der Waals surface area contributed by atoms with E-state index >= 15 is 0 Å². The molecule has 1 rings (SSSR count). The zero-order chi connectivity index (χ0) is 11.3. The Kier molecular flexibility index (Phi) is 5.07. The summed E-state index contributed by atoms with van der Waals surface area (Å²) < 4.78 is 11.3. The summed E-state index contributed by atoms with van der Waals surface area (Å²) in [6.45, 7) is 10.8. The molecule has 0 bridgehead atoms. The molecule has 15 heavy (non-hydrogen) atoms. The van der Waals surface area contributed by atoms with Crippen molar-refractivity contribution in [3.05, 3.63) is 0 Å². The second-order valence-electron chi connectivity index (χ2n) is 5.11. The Balaban J connectivity index is 2.19. The largest absolute Gasteiger partial charge is 0.375 e. The number of ether oxygens (including phenoxy) is 2. The molecule has 1 aliphatic heterocycles. The minimum atomic E-state index is 0.0363. The molecule has 0 aromatic carbocycles.